The predicted molar refractivity (Wildman–Crippen MR) is 246 cm³/mol. The Bertz CT molecular complexity index is 2170. The number of aldehydes is 2. The summed E-state index contributed by atoms with van der Waals surface area (Å²) in [5, 5.41) is 144. The van der Waals surface area contributed by atoms with Crippen LogP contribution in [0, 0.1) is 34.5 Å². The van der Waals surface area contributed by atoms with Crippen LogP contribution in [0.5, 0.6) is 23.0 Å². The zero-order chi connectivity index (χ0) is 53.8. The average Bonchev–Trinajstić information content (AvgIpc) is 3.38. The highest BCUT2D eigenvalue weighted by atomic mass is 16.7. The Morgan fingerprint density at radius 1 is 0.554 bits per heavy atom. The first-order valence-corrected chi connectivity index (χ1v) is 24.2. The number of aliphatic hydroxyl groups excluding tert-OH is 10. The lowest BCUT2D eigenvalue weighted by Gasteiger charge is -2.50. The second-order valence-electron chi connectivity index (χ2n) is 19.9. The molecular formula is C50H64O24. The van der Waals surface area contributed by atoms with Crippen molar-refractivity contribution < 1.29 is 119 Å². The molecule has 3 saturated carbocycles. The molecule has 16 atom stereocenters. The summed E-state index contributed by atoms with van der Waals surface area (Å²) in [5.41, 5.74) is -2.58. The third kappa shape index (κ3) is 11.4. The maximum Gasteiger partial charge on any atom is 0.310 e. The number of benzene rings is 2. The van der Waals surface area contributed by atoms with E-state index in [1.54, 1.807) is 0 Å². The Kier molecular flexibility index (Phi) is 17.9. The van der Waals surface area contributed by atoms with Gasteiger partial charge >= 0.3 is 11.9 Å². The third-order valence-corrected chi connectivity index (χ3v) is 15.4. The number of phenolic OH excluding ortho intramolecular Hbond substituents is 4. The van der Waals surface area contributed by atoms with Crippen LogP contribution in [-0.2, 0) is 47.6 Å². The van der Waals surface area contributed by atoms with Crippen molar-refractivity contribution in [1.29, 1.82) is 0 Å². The van der Waals surface area contributed by atoms with Gasteiger partial charge in [0.25, 0.3) is 0 Å². The van der Waals surface area contributed by atoms with E-state index in [0.29, 0.717) is 12.6 Å². The van der Waals surface area contributed by atoms with Crippen LogP contribution in [-0.4, -0.2) is 196 Å². The fourth-order valence-corrected chi connectivity index (χ4v) is 10.7. The van der Waals surface area contributed by atoms with E-state index >= 15 is 0 Å². The van der Waals surface area contributed by atoms with E-state index in [4.69, 9.17) is 28.4 Å². The van der Waals surface area contributed by atoms with Crippen molar-refractivity contribution >= 4 is 24.5 Å². The summed E-state index contributed by atoms with van der Waals surface area (Å²) in [5.74, 6) is -9.50. The zero-order valence-electron chi connectivity index (χ0n) is 39.7. The average molecular weight is 1050 g/mol. The van der Waals surface area contributed by atoms with Gasteiger partial charge in [0, 0.05) is 11.8 Å². The molecule has 2 aromatic rings. The molecule has 0 bridgehead atoms. The number of aromatic hydroxyl groups is 4. The lowest BCUT2D eigenvalue weighted by atomic mass is 9.52. The molecule has 0 amide bonds. The van der Waals surface area contributed by atoms with Crippen LogP contribution in [0.25, 0.3) is 0 Å². The van der Waals surface area contributed by atoms with E-state index < -0.39 is 168 Å². The number of phenols is 4. The zero-order valence-corrected chi connectivity index (χ0v) is 39.7. The molecule has 2 aromatic carbocycles. The van der Waals surface area contributed by atoms with Crippen molar-refractivity contribution in [2.45, 2.75) is 124 Å². The molecule has 5 fully saturated rings. The summed E-state index contributed by atoms with van der Waals surface area (Å²) in [7, 11) is 0. The monoisotopic (exact) mass is 1050 g/mol. The summed E-state index contributed by atoms with van der Waals surface area (Å²) >= 11 is 0. The number of hydrogen-bond donors (Lipinski definition) is 14. The van der Waals surface area contributed by atoms with Crippen LogP contribution in [0.1, 0.15) is 61.5 Å². The SMILES string of the molecule is O=C[C@]1(/C=C\O[C@@H]2O[C@H](CO)[C@@H](O)[C@H](O)[C@H]2O)CC[C@H](COC(=O)C2C(c3ccc(O)c(O)c3)C(C(=O)OC[C@H]3CC[C@](C=O)(/C=C\O[C@@H]4O[C@H](CO)[C@@H](O)[C@H](O)[C@H]4O)[C@@H](O)C3)C2c2ccc(O)c(O)c2)C[C@@H]1O. The Hall–Kier alpha value is -5.48. The van der Waals surface area contributed by atoms with E-state index in [9.17, 15) is 90.7 Å². The van der Waals surface area contributed by atoms with Gasteiger partial charge in [0.05, 0.1) is 73.8 Å². The second-order valence-corrected chi connectivity index (χ2v) is 19.9. The van der Waals surface area contributed by atoms with Gasteiger partial charge in [-0.3, -0.25) is 9.59 Å². The van der Waals surface area contributed by atoms with Crippen LogP contribution < -0.4 is 0 Å². The molecule has 14 N–H and O–H groups in total. The van der Waals surface area contributed by atoms with E-state index in [1.807, 2.05) is 0 Å². The van der Waals surface area contributed by atoms with Gasteiger partial charge in [0.2, 0.25) is 12.6 Å². The number of hydrogen-bond acceptors (Lipinski definition) is 24. The van der Waals surface area contributed by atoms with Gasteiger partial charge < -0.3 is 110 Å². The van der Waals surface area contributed by atoms with E-state index in [-0.39, 0.29) is 62.9 Å². The molecule has 74 heavy (non-hydrogen) atoms. The number of carbonyl (C=O) groups excluding carboxylic acids is 4. The highest BCUT2D eigenvalue weighted by Gasteiger charge is 2.60. The third-order valence-electron chi connectivity index (χ3n) is 15.4. The molecule has 2 heterocycles. The van der Waals surface area contributed by atoms with E-state index in [1.165, 1.54) is 36.4 Å². The van der Waals surface area contributed by atoms with Gasteiger partial charge in [-0.1, -0.05) is 12.1 Å². The second kappa shape index (κ2) is 23.6. The van der Waals surface area contributed by atoms with Crippen LogP contribution in [0.4, 0.5) is 0 Å². The topological polar surface area (TPSA) is 407 Å². The van der Waals surface area contributed by atoms with Crippen LogP contribution in [0.3, 0.4) is 0 Å². The largest absolute Gasteiger partial charge is 0.504 e. The molecule has 5 aliphatic rings. The molecule has 2 aliphatic heterocycles. The number of rotatable bonds is 18. The lowest BCUT2D eigenvalue weighted by Crippen LogP contribution is -2.58. The molecule has 24 heteroatoms. The smallest absolute Gasteiger partial charge is 0.310 e. The fourth-order valence-electron chi connectivity index (χ4n) is 10.7. The molecule has 24 nitrogen and oxygen atoms in total. The minimum Gasteiger partial charge on any atom is -0.504 e. The minimum absolute atomic E-state index is 0.0292. The first-order valence-electron chi connectivity index (χ1n) is 24.2. The Labute approximate surface area is 422 Å². The summed E-state index contributed by atoms with van der Waals surface area (Å²) in [6.07, 6.45) is -12.5. The lowest BCUT2D eigenvalue weighted by molar-refractivity contribution is -0.288. The molecule has 7 rings (SSSR count). The number of esters is 2. The van der Waals surface area contributed by atoms with Crippen molar-refractivity contribution in [2.24, 2.45) is 34.5 Å². The van der Waals surface area contributed by atoms with Crippen LogP contribution in [0.2, 0.25) is 0 Å². The highest BCUT2D eigenvalue weighted by Crippen LogP contribution is 2.60. The van der Waals surface area contributed by atoms with Gasteiger partial charge in [0.15, 0.2) is 23.0 Å². The fraction of sp³-hybridized carbons (Fsp3) is 0.600. The van der Waals surface area contributed by atoms with Crippen molar-refractivity contribution in [3.8, 4) is 23.0 Å². The van der Waals surface area contributed by atoms with Gasteiger partial charge in [-0.2, -0.15) is 0 Å². The Morgan fingerprint density at radius 2 is 0.932 bits per heavy atom. The maximum absolute atomic E-state index is 14.4. The van der Waals surface area contributed by atoms with Gasteiger partial charge in [-0.25, -0.2) is 0 Å². The molecule has 3 aliphatic carbocycles. The first-order chi connectivity index (χ1) is 35.2. The number of carbonyl (C=O) groups is 4. The highest BCUT2D eigenvalue weighted by molar-refractivity contribution is 5.85. The Balaban J connectivity index is 1.03. The molecule has 408 valence electrons. The van der Waals surface area contributed by atoms with Crippen molar-refractivity contribution in [3.05, 3.63) is 72.2 Å². The standard InChI is InChI=1S/C50H64O24/c51-17-31-39(61)41(63)43(65)47(73-31)69-11-9-49(21-53)7-5-23(13-33(49)59)19-71-45(67)37-35(25-1-3-27(55)29(57)15-25)38(36(37)26-2-4-28(56)30(58)16-26)46(68)72-20-24-6-8-50(22-54,34(60)14-24)10-12-70-48-44(66)42(64)40(62)32(18-52)74-48/h1-4,9-12,15-16,21-24,31-44,47-48,51-52,55-66H,5-8,13-14,17-20H2/b11-9-,12-10-/t23-,24-,31+,32+,33-,34-,35?,36?,37?,38?,39+,40+,41-,42-,43+,44+,47+,48+,49+,50+/m0/s1. The van der Waals surface area contributed by atoms with Crippen molar-refractivity contribution in [2.75, 3.05) is 26.4 Å². The van der Waals surface area contributed by atoms with Crippen LogP contribution in [0.15, 0.2) is 61.1 Å². The minimum atomic E-state index is -1.73. The summed E-state index contributed by atoms with van der Waals surface area (Å²) in [6.45, 7) is -1.95. The maximum atomic E-state index is 14.4. The van der Waals surface area contributed by atoms with Gasteiger partial charge in [0.1, 0.15) is 61.4 Å². The van der Waals surface area contributed by atoms with Gasteiger partial charge in [-0.05, 0) is 97.9 Å². The Morgan fingerprint density at radius 3 is 1.26 bits per heavy atom. The molecule has 0 radical (unpaired) electrons. The first kappa shape index (κ1) is 56.3. The molecule has 2 saturated heterocycles. The van der Waals surface area contributed by atoms with Crippen LogP contribution >= 0.6 is 0 Å². The number of aliphatic hydroxyl groups is 10. The molecular weight excluding hydrogens is 985 g/mol. The molecule has 0 spiro atoms. The van der Waals surface area contributed by atoms with Crippen molar-refractivity contribution in [3.63, 3.8) is 0 Å². The number of ether oxygens (including phenoxy) is 6. The van der Waals surface area contributed by atoms with E-state index in [2.05, 4.69) is 0 Å². The predicted octanol–water partition coefficient (Wildman–Crippen LogP) is -1.94. The normalized spacial score (nSPS) is 39.4. The summed E-state index contributed by atoms with van der Waals surface area (Å²) in [6, 6.07) is 7.44. The summed E-state index contributed by atoms with van der Waals surface area (Å²) < 4.78 is 33.2. The molecule has 0 unspecified atom stereocenters. The van der Waals surface area contributed by atoms with Crippen molar-refractivity contribution in [1.82, 2.24) is 0 Å². The molecule has 0 aromatic heterocycles. The van der Waals surface area contributed by atoms with E-state index in [0.717, 1.165) is 24.7 Å². The van der Waals surface area contributed by atoms with Gasteiger partial charge in [-0.15, -0.1) is 0 Å². The quantitative estimate of drug-likeness (QED) is 0.0334. The summed E-state index contributed by atoms with van der Waals surface area (Å²) in [4.78, 5) is 53.7.